The first-order chi connectivity index (χ1) is 22.3. The van der Waals surface area contributed by atoms with Crippen LogP contribution in [0.1, 0.15) is 38.8 Å². The summed E-state index contributed by atoms with van der Waals surface area (Å²) in [5, 5.41) is 7.50. The number of nitrogens with zero attached hydrogens (tertiary/aromatic N) is 1. The third-order valence-electron chi connectivity index (χ3n) is 11.0. The first-order valence-corrected chi connectivity index (χ1v) is 16.2. The molecule has 2 heteroatoms. The Hall–Kier alpha value is -5.34. The Morgan fingerprint density at radius 2 is 1.07 bits per heavy atom. The zero-order chi connectivity index (χ0) is 31.2. The van der Waals surface area contributed by atoms with Crippen molar-refractivity contribution >= 4 is 60.5 Å². The molecule has 1 aliphatic rings. The minimum absolute atomic E-state index is 0.0987. The van der Waals surface area contributed by atoms with Crippen LogP contribution in [0.2, 0.25) is 0 Å². The minimum Gasteiger partial charge on any atom is -0.456 e. The molecule has 2 nitrogen and oxygen atoms in total. The zero-order valence-electron chi connectivity index (χ0n) is 26.6. The minimum atomic E-state index is -0.124. The summed E-state index contributed by atoms with van der Waals surface area (Å²) in [7, 11) is 0. The van der Waals surface area contributed by atoms with Crippen LogP contribution in [-0.2, 0) is 10.8 Å². The summed E-state index contributed by atoms with van der Waals surface area (Å²) < 4.78 is 6.35. The maximum absolute atomic E-state index is 6.35. The van der Waals surface area contributed by atoms with E-state index in [0.717, 1.165) is 39.0 Å². The lowest BCUT2D eigenvalue weighted by molar-refractivity contribution is 0.299. The van der Waals surface area contributed by atoms with Crippen molar-refractivity contribution in [2.75, 3.05) is 4.90 Å². The molecule has 1 heterocycles. The smallest absolute Gasteiger partial charge is 0.137 e. The van der Waals surface area contributed by atoms with E-state index in [4.69, 9.17) is 4.42 Å². The summed E-state index contributed by atoms with van der Waals surface area (Å²) in [5.74, 6) is 0. The molecule has 9 rings (SSSR count). The van der Waals surface area contributed by atoms with Gasteiger partial charge in [-0.05, 0) is 97.1 Å². The number of benzene rings is 7. The van der Waals surface area contributed by atoms with E-state index in [9.17, 15) is 0 Å². The third-order valence-corrected chi connectivity index (χ3v) is 11.0. The van der Waals surface area contributed by atoms with E-state index in [1.165, 1.54) is 43.8 Å². The molecule has 7 aromatic carbocycles. The number of fused-ring (bicyclic) bond motifs is 10. The number of hydrogen-bond donors (Lipinski definition) is 0. The second-order valence-electron chi connectivity index (χ2n) is 13.8. The van der Waals surface area contributed by atoms with Crippen LogP contribution in [-0.4, -0.2) is 0 Å². The molecule has 0 saturated heterocycles. The monoisotopic (exact) mass is 593 g/mol. The molecule has 8 aromatic rings. The van der Waals surface area contributed by atoms with Crippen LogP contribution in [0.15, 0.2) is 144 Å². The standard InChI is InChI=1S/C44H35NO/c1-43(2)38-25-24-33-32-15-9-8-12-28(32)18-21-36(33)42(38)37-23-20-30(26-39(37)44(43,3)4)45(29-13-6-5-7-14-29)31-19-22-35-34-16-10-11-17-40(34)46-41(35)27-31/h5-27H,1-4H3. The predicted molar refractivity (Wildman–Crippen MR) is 195 cm³/mol. The highest BCUT2D eigenvalue weighted by molar-refractivity contribution is 6.13. The molecule has 0 unspecified atom stereocenters. The second kappa shape index (κ2) is 9.58. The molecule has 1 aliphatic carbocycles. The fourth-order valence-corrected chi connectivity index (χ4v) is 7.86. The van der Waals surface area contributed by atoms with E-state index in [1.54, 1.807) is 0 Å². The van der Waals surface area contributed by atoms with Gasteiger partial charge in [0.15, 0.2) is 0 Å². The molecule has 0 N–H and O–H groups in total. The van der Waals surface area contributed by atoms with Crippen molar-refractivity contribution in [1.82, 2.24) is 0 Å². The van der Waals surface area contributed by atoms with Gasteiger partial charge in [-0.15, -0.1) is 0 Å². The molecule has 0 saturated carbocycles. The first-order valence-electron chi connectivity index (χ1n) is 16.2. The number of para-hydroxylation sites is 2. The van der Waals surface area contributed by atoms with Gasteiger partial charge in [-0.25, -0.2) is 0 Å². The van der Waals surface area contributed by atoms with Gasteiger partial charge in [0.2, 0.25) is 0 Å². The highest BCUT2D eigenvalue weighted by atomic mass is 16.3. The normalized spacial score (nSPS) is 14.9. The van der Waals surface area contributed by atoms with Crippen molar-refractivity contribution in [1.29, 1.82) is 0 Å². The fourth-order valence-electron chi connectivity index (χ4n) is 7.86. The second-order valence-corrected chi connectivity index (χ2v) is 13.8. The van der Waals surface area contributed by atoms with Gasteiger partial charge in [0.1, 0.15) is 11.2 Å². The van der Waals surface area contributed by atoms with Gasteiger partial charge in [-0.3, -0.25) is 0 Å². The van der Waals surface area contributed by atoms with Crippen molar-refractivity contribution in [2.24, 2.45) is 0 Å². The van der Waals surface area contributed by atoms with E-state index in [-0.39, 0.29) is 10.8 Å². The molecule has 0 amide bonds. The Labute approximate surface area is 269 Å². The van der Waals surface area contributed by atoms with E-state index in [1.807, 2.05) is 12.1 Å². The van der Waals surface area contributed by atoms with Crippen molar-refractivity contribution in [2.45, 2.75) is 38.5 Å². The van der Waals surface area contributed by atoms with Crippen LogP contribution in [0.5, 0.6) is 0 Å². The SMILES string of the molecule is CC1(C)c2cc(N(c3ccccc3)c3ccc4c(c3)oc3ccccc34)ccc2-c2c(ccc3c2ccc2ccccc23)C1(C)C. The Balaban J connectivity index is 1.29. The van der Waals surface area contributed by atoms with Gasteiger partial charge in [0.05, 0.1) is 0 Å². The highest BCUT2D eigenvalue weighted by Gasteiger charge is 2.46. The largest absolute Gasteiger partial charge is 0.456 e. The maximum Gasteiger partial charge on any atom is 0.137 e. The average molecular weight is 594 g/mol. The van der Waals surface area contributed by atoms with Gasteiger partial charge in [0.25, 0.3) is 0 Å². The van der Waals surface area contributed by atoms with Crippen molar-refractivity contribution < 1.29 is 4.42 Å². The summed E-state index contributed by atoms with van der Waals surface area (Å²) in [4.78, 5) is 2.36. The Morgan fingerprint density at radius 3 is 1.91 bits per heavy atom. The molecule has 46 heavy (non-hydrogen) atoms. The van der Waals surface area contributed by atoms with Gasteiger partial charge in [0, 0.05) is 33.9 Å². The summed E-state index contributed by atoms with van der Waals surface area (Å²) in [6.07, 6.45) is 0. The van der Waals surface area contributed by atoms with Crippen molar-refractivity contribution in [3.63, 3.8) is 0 Å². The molecule has 0 atom stereocenters. The molecule has 0 radical (unpaired) electrons. The lowest BCUT2D eigenvalue weighted by Crippen LogP contribution is -2.43. The van der Waals surface area contributed by atoms with Crippen LogP contribution in [0.4, 0.5) is 17.1 Å². The van der Waals surface area contributed by atoms with Gasteiger partial charge >= 0.3 is 0 Å². The Morgan fingerprint density at radius 1 is 0.435 bits per heavy atom. The molecular formula is C44H35NO. The lowest BCUT2D eigenvalue weighted by atomic mass is 9.55. The molecule has 1 aromatic heterocycles. The Bertz CT molecular complexity index is 2480. The fraction of sp³-hybridized carbons (Fsp3) is 0.136. The van der Waals surface area contributed by atoms with Crippen LogP contribution in [0.3, 0.4) is 0 Å². The maximum atomic E-state index is 6.35. The van der Waals surface area contributed by atoms with Crippen LogP contribution in [0, 0.1) is 0 Å². The first kappa shape index (κ1) is 27.0. The highest BCUT2D eigenvalue weighted by Crippen LogP contribution is 2.56. The van der Waals surface area contributed by atoms with Gasteiger partial charge in [-0.2, -0.15) is 0 Å². The summed E-state index contributed by atoms with van der Waals surface area (Å²) >= 11 is 0. The van der Waals surface area contributed by atoms with Crippen LogP contribution >= 0.6 is 0 Å². The van der Waals surface area contributed by atoms with Gasteiger partial charge < -0.3 is 9.32 Å². The molecule has 0 spiro atoms. The lowest BCUT2D eigenvalue weighted by Gasteiger charge is -2.49. The van der Waals surface area contributed by atoms with E-state index < -0.39 is 0 Å². The van der Waals surface area contributed by atoms with Crippen molar-refractivity contribution in [3.8, 4) is 11.1 Å². The van der Waals surface area contributed by atoms with Crippen LogP contribution in [0.25, 0.3) is 54.6 Å². The number of furan rings is 1. The zero-order valence-corrected chi connectivity index (χ0v) is 26.6. The number of hydrogen-bond acceptors (Lipinski definition) is 2. The molecule has 0 aliphatic heterocycles. The number of anilines is 3. The summed E-state index contributed by atoms with van der Waals surface area (Å²) in [6.45, 7) is 9.66. The number of rotatable bonds is 3. The predicted octanol–water partition coefficient (Wildman–Crippen LogP) is 12.6. The summed E-state index contributed by atoms with van der Waals surface area (Å²) in [6, 6.07) is 50.7. The van der Waals surface area contributed by atoms with Crippen LogP contribution < -0.4 is 4.90 Å². The molecule has 0 bridgehead atoms. The van der Waals surface area contributed by atoms with E-state index in [0.29, 0.717) is 0 Å². The molecule has 0 fully saturated rings. The molecule has 222 valence electrons. The van der Waals surface area contributed by atoms with E-state index in [2.05, 4.69) is 160 Å². The Kier molecular flexibility index (Phi) is 5.63. The topological polar surface area (TPSA) is 16.4 Å². The van der Waals surface area contributed by atoms with E-state index >= 15 is 0 Å². The average Bonchev–Trinajstić information content (AvgIpc) is 3.45. The third kappa shape index (κ3) is 3.70. The van der Waals surface area contributed by atoms with Gasteiger partial charge in [-0.1, -0.05) is 119 Å². The van der Waals surface area contributed by atoms with Crippen molar-refractivity contribution in [3.05, 3.63) is 151 Å². The molecular weight excluding hydrogens is 558 g/mol. The quantitative estimate of drug-likeness (QED) is 0.189. The summed E-state index contributed by atoms with van der Waals surface area (Å²) in [5.41, 5.74) is 10.4.